The lowest BCUT2D eigenvalue weighted by atomic mass is 10.0. The summed E-state index contributed by atoms with van der Waals surface area (Å²) in [5, 5.41) is 5.55. The number of amides is 2. The highest BCUT2D eigenvalue weighted by molar-refractivity contribution is 7.98. The van der Waals surface area contributed by atoms with Crippen molar-refractivity contribution < 1.29 is 14.3 Å². The second-order valence-electron chi connectivity index (χ2n) is 8.12. The number of carbonyl (C=O) groups is 2. The van der Waals surface area contributed by atoms with E-state index >= 15 is 0 Å². The fourth-order valence-corrected chi connectivity index (χ4v) is 4.76. The summed E-state index contributed by atoms with van der Waals surface area (Å²) in [4.78, 5) is 30.6. The molecule has 1 unspecified atom stereocenters. The Labute approximate surface area is 193 Å². The molecule has 2 N–H and O–H groups in total. The number of thioether (sulfide) groups is 1. The van der Waals surface area contributed by atoms with Gasteiger partial charge in [0.2, 0.25) is 0 Å². The first-order chi connectivity index (χ1) is 15.5. The third-order valence-electron chi connectivity index (χ3n) is 6.09. The lowest BCUT2D eigenvalue weighted by molar-refractivity contribution is -0.136. The van der Waals surface area contributed by atoms with Crippen LogP contribution in [0.5, 0.6) is 0 Å². The zero-order valence-electron chi connectivity index (χ0n) is 18.6. The number of nitrogens with one attached hydrogen (secondary N) is 2. The summed E-state index contributed by atoms with van der Waals surface area (Å²) in [7, 11) is 2.11. The van der Waals surface area contributed by atoms with Crippen molar-refractivity contribution in [2.24, 2.45) is 0 Å². The summed E-state index contributed by atoms with van der Waals surface area (Å²) >= 11 is 1.58. The van der Waals surface area contributed by atoms with Crippen LogP contribution in [0.15, 0.2) is 47.4 Å². The van der Waals surface area contributed by atoms with Gasteiger partial charge in [0.15, 0.2) is 0 Å². The van der Waals surface area contributed by atoms with E-state index in [1.807, 2.05) is 24.5 Å². The van der Waals surface area contributed by atoms with Crippen LogP contribution in [0.3, 0.4) is 0 Å². The minimum absolute atomic E-state index is 0.00771. The molecule has 0 aliphatic carbocycles. The molecule has 1 saturated heterocycles. The number of likely N-dealkylation sites (N-methyl/N-ethyl adjacent to an activating group) is 1. The Bertz CT molecular complexity index is 977. The average Bonchev–Trinajstić information content (AvgIpc) is 3.20. The Morgan fingerprint density at radius 2 is 1.91 bits per heavy atom. The van der Waals surface area contributed by atoms with E-state index in [0.717, 1.165) is 36.5 Å². The fourth-order valence-electron chi connectivity index (χ4n) is 4.30. The van der Waals surface area contributed by atoms with Gasteiger partial charge in [-0.1, -0.05) is 18.2 Å². The van der Waals surface area contributed by atoms with E-state index in [1.165, 1.54) is 11.3 Å². The van der Waals surface area contributed by atoms with Crippen molar-refractivity contribution in [3.8, 4) is 0 Å². The molecule has 2 aliphatic heterocycles. The van der Waals surface area contributed by atoms with Gasteiger partial charge in [0.05, 0.1) is 19.3 Å². The molecule has 0 aromatic heterocycles. The first-order valence-corrected chi connectivity index (χ1v) is 12.2. The van der Waals surface area contributed by atoms with Gasteiger partial charge >= 0.3 is 11.8 Å². The van der Waals surface area contributed by atoms with Crippen LogP contribution in [-0.4, -0.2) is 69.4 Å². The summed E-state index contributed by atoms with van der Waals surface area (Å²) in [5.41, 5.74) is 4.38. The molecule has 32 heavy (non-hydrogen) atoms. The van der Waals surface area contributed by atoms with Crippen molar-refractivity contribution in [3.05, 3.63) is 53.6 Å². The molecular weight excluding hydrogens is 424 g/mol. The van der Waals surface area contributed by atoms with Crippen LogP contribution < -0.4 is 15.5 Å². The van der Waals surface area contributed by atoms with Crippen LogP contribution in [0.4, 0.5) is 11.4 Å². The number of carbonyl (C=O) groups excluding carboxylic acids is 2. The minimum atomic E-state index is -0.653. The molecule has 0 radical (unpaired) electrons. The minimum Gasteiger partial charge on any atom is -0.379 e. The van der Waals surface area contributed by atoms with Gasteiger partial charge in [-0.25, -0.2) is 0 Å². The van der Waals surface area contributed by atoms with Gasteiger partial charge in [-0.15, -0.1) is 11.8 Å². The first-order valence-electron chi connectivity index (χ1n) is 10.9. The van der Waals surface area contributed by atoms with Crippen molar-refractivity contribution in [2.45, 2.75) is 17.4 Å². The van der Waals surface area contributed by atoms with Gasteiger partial charge in [-0.2, -0.15) is 0 Å². The number of morpholine rings is 1. The SMILES string of the molecule is CSc1cccc(NC(=O)C(=O)NCC(c2ccc3c(c2)CCN3C)N2CCOCC2)c1. The quantitative estimate of drug-likeness (QED) is 0.516. The molecule has 4 rings (SSSR count). The molecule has 0 bridgehead atoms. The predicted molar refractivity (Wildman–Crippen MR) is 128 cm³/mol. The molecule has 0 spiro atoms. The van der Waals surface area contributed by atoms with E-state index in [4.69, 9.17) is 4.74 Å². The molecule has 2 heterocycles. The number of rotatable bonds is 6. The summed E-state index contributed by atoms with van der Waals surface area (Å²) in [5.74, 6) is -1.28. The van der Waals surface area contributed by atoms with E-state index in [9.17, 15) is 9.59 Å². The van der Waals surface area contributed by atoms with Crippen LogP contribution in [0.1, 0.15) is 17.2 Å². The maximum atomic E-state index is 12.6. The Morgan fingerprint density at radius 1 is 1.09 bits per heavy atom. The van der Waals surface area contributed by atoms with E-state index in [-0.39, 0.29) is 6.04 Å². The maximum absolute atomic E-state index is 12.6. The van der Waals surface area contributed by atoms with Crippen LogP contribution in [0, 0.1) is 0 Å². The summed E-state index contributed by atoms with van der Waals surface area (Å²) < 4.78 is 5.52. The number of fused-ring (bicyclic) bond motifs is 1. The highest BCUT2D eigenvalue weighted by Gasteiger charge is 2.26. The molecular formula is C24H30N4O3S. The average molecular weight is 455 g/mol. The van der Waals surface area contributed by atoms with Crippen molar-refractivity contribution >= 4 is 35.0 Å². The van der Waals surface area contributed by atoms with Crippen LogP contribution in [0.25, 0.3) is 0 Å². The van der Waals surface area contributed by atoms with Crippen molar-refractivity contribution in [1.29, 1.82) is 0 Å². The van der Waals surface area contributed by atoms with E-state index in [2.05, 4.69) is 45.7 Å². The summed E-state index contributed by atoms with van der Waals surface area (Å²) in [6, 6.07) is 14.0. The van der Waals surface area contributed by atoms with Gasteiger partial charge in [0, 0.05) is 49.5 Å². The molecule has 7 nitrogen and oxygen atoms in total. The monoisotopic (exact) mass is 454 g/mol. The standard InChI is InChI=1S/C24H30N4O3S/c1-27-9-8-18-14-17(6-7-21(18)27)22(28-10-12-31-13-11-28)16-25-23(29)24(30)26-19-4-3-5-20(15-19)32-2/h3-7,14-15,22H,8-13,16H2,1-2H3,(H,25,29)(H,26,30). The molecule has 1 atom stereocenters. The fraction of sp³-hybridized carbons (Fsp3) is 0.417. The Morgan fingerprint density at radius 3 is 2.69 bits per heavy atom. The normalized spacial score (nSPS) is 17.0. The topological polar surface area (TPSA) is 73.9 Å². The highest BCUT2D eigenvalue weighted by Crippen LogP contribution is 2.31. The van der Waals surface area contributed by atoms with Gasteiger partial charge in [-0.3, -0.25) is 14.5 Å². The zero-order valence-corrected chi connectivity index (χ0v) is 19.4. The van der Waals surface area contributed by atoms with E-state index < -0.39 is 11.8 Å². The molecule has 2 amide bonds. The lowest BCUT2D eigenvalue weighted by Crippen LogP contribution is -2.45. The number of benzene rings is 2. The Balaban J connectivity index is 1.44. The van der Waals surface area contributed by atoms with Gasteiger partial charge in [0.25, 0.3) is 0 Å². The predicted octanol–water partition coefficient (Wildman–Crippen LogP) is 2.53. The maximum Gasteiger partial charge on any atom is 0.313 e. The zero-order chi connectivity index (χ0) is 22.5. The van der Waals surface area contributed by atoms with Gasteiger partial charge < -0.3 is 20.3 Å². The number of nitrogens with zero attached hydrogens (tertiary/aromatic N) is 2. The smallest absolute Gasteiger partial charge is 0.313 e. The molecule has 0 saturated carbocycles. The Hall–Kier alpha value is -2.55. The van der Waals surface area contributed by atoms with Gasteiger partial charge in [-0.05, 0) is 48.1 Å². The second-order valence-corrected chi connectivity index (χ2v) is 9.00. The summed E-state index contributed by atoms with van der Waals surface area (Å²) in [6.45, 7) is 4.33. The number of hydrogen-bond acceptors (Lipinski definition) is 6. The number of ether oxygens (including phenoxy) is 1. The molecule has 2 aromatic carbocycles. The van der Waals surface area contributed by atoms with Crippen molar-refractivity contribution in [3.63, 3.8) is 0 Å². The third kappa shape index (κ3) is 5.26. The van der Waals surface area contributed by atoms with Crippen LogP contribution >= 0.6 is 11.8 Å². The third-order valence-corrected chi connectivity index (χ3v) is 6.82. The first kappa shape index (κ1) is 22.6. The molecule has 170 valence electrons. The van der Waals surface area contributed by atoms with Crippen molar-refractivity contribution in [2.75, 3.05) is 62.9 Å². The molecule has 2 aromatic rings. The van der Waals surface area contributed by atoms with Crippen molar-refractivity contribution in [1.82, 2.24) is 10.2 Å². The number of hydrogen-bond donors (Lipinski definition) is 2. The highest BCUT2D eigenvalue weighted by atomic mass is 32.2. The lowest BCUT2D eigenvalue weighted by Gasteiger charge is -2.35. The van der Waals surface area contributed by atoms with Gasteiger partial charge in [0.1, 0.15) is 0 Å². The summed E-state index contributed by atoms with van der Waals surface area (Å²) in [6.07, 6.45) is 3.00. The molecule has 2 aliphatic rings. The van der Waals surface area contributed by atoms with E-state index in [1.54, 1.807) is 17.8 Å². The van der Waals surface area contributed by atoms with Crippen LogP contribution in [0.2, 0.25) is 0 Å². The number of anilines is 2. The molecule has 8 heteroatoms. The van der Waals surface area contributed by atoms with E-state index in [0.29, 0.717) is 25.4 Å². The second kappa shape index (κ2) is 10.4. The molecule has 1 fully saturated rings. The largest absolute Gasteiger partial charge is 0.379 e. The van der Waals surface area contributed by atoms with Crippen LogP contribution in [-0.2, 0) is 20.7 Å². The Kier molecular flexibility index (Phi) is 7.34.